The molecule has 7 heteroatoms. The molecule has 0 spiro atoms. The molecule has 0 atom stereocenters. The molecule has 0 bridgehead atoms. The van der Waals surface area contributed by atoms with Crippen LogP contribution in [0.25, 0.3) is 0 Å². The fraction of sp³-hybridized carbons (Fsp3) is 0.231. The lowest BCUT2D eigenvalue weighted by Gasteiger charge is -2.10. The van der Waals surface area contributed by atoms with Crippen molar-refractivity contribution in [3.63, 3.8) is 0 Å². The van der Waals surface area contributed by atoms with Crippen molar-refractivity contribution in [2.75, 3.05) is 5.43 Å². The molecule has 0 aliphatic carbocycles. The number of rotatable bonds is 2. The van der Waals surface area contributed by atoms with Gasteiger partial charge in [-0.3, -0.25) is 10.1 Å². The smallest absolute Gasteiger partial charge is 0.273 e. The van der Waals surface area contributed by atoms with Crippen molar-refractivity contribution in [3.05, 3.63) is 47.0 Å². The quantitative estimate of drug-likeness (QED) is 0.863. The Morgan fingerprint density at radius 2 is 1.65 bits per heavy atom. The maximum Gasteiger partial charge on any atom is 0.340 e. The minimum Gasteiger partial charge on any atom is -0.273 e. The molecule has 20 heavy (non-hydrogen) atoms. The van der Waals surface area contributed by atoms with Crippen LogP contribution in [0.15, 0.2) is 24.3 Å². The molecule has 0 unspecified atom stereocenters. The highest BCUT2D eigenvalue weighted by Crippen LogP contribution is 2.06. The summed E-state index contributed by atoms with van der Waals surface area (Å²) < 4.78 is 1.40. The van der Waals surface area contributed by atoms with Gasteiger partial charge in [-0.25, -0.2) is 14.9 Å². The molecule has 0 fully saturated rings. The number of benzene rings is 1. The number of hydrogen-bond donors (Lipinski definition) is 2. The first kappa shape index (κ1) is 13.7. The van der Waals surface area contributed by atoms with Crippen LogP contribution in [0, 0.1) is 20.8 Å². The van der Waals surface area contributed by atoms with E-state index in [1.165, 1.54) is 4.68 Å². The maximum absolute atomic E-state index is 12.0. The van der Waals surface area contributed by atoms with Gasteiger partial charge in [-0.1, -0.05) is 18.2 Å². The number of hydrogen-bond acceptors (Lipinski definition) is 4. The molecule has 2 rings (SSSR count). The van der Waals surface area contributed by atoms with Crippen LogP contribution in [0.3, 0.4) is 0 Å². The van der Waals surface area contributed by atoms with Gasteiger partial charge >= 0.3 is 6.03 Å². The first-order chi connectivity index (χ1) is 9.49. The summed E-state index contributed by atoms with van der Waals surface area (Å²) in [7, 11) is 0. The maximum atomic E-state index is 12.0. The van der Waals surface area contributed by atoms with Gasteiger partial charge in [0.1, 0.15) is 11.6 Å². The molecule has 1 heterocycles. The number of carbonyl (C=O) groups is 2. The highest BCUT2D eigenvalue weighted by atomic mass is 16.2. The fourth-order valence-electron chi connectivity index (χ4n) is 1.76. The van der Waals surface area contributed by atoms with Crippen LogP contribution in [0.4, 0.5) is 4.79 Å². The molecule has 1 aromatic heterocycles. The normalized spacial score (nSPS) is 10.2. The van der Waals surface area contributed by atoms with Gasteiger partial charge in [-0.05, 0) is 32.4 Å². The Kier molecular flexibility index (Phi) is 3.79. The molecular weight excluding hydrogens is 258 g/mol. The van der Waals surface area contributed by atoms with E-state index in [2.05, 4.69) is 20.9 Å². The molecule has 2 aromatic rings. The monoisotopic (exact) mass is 273 g/mol. The van der Waals surface area contributed by atoms with Crippen molar-refractivity contribution in [2.45, 2.75) is 20.8 Å². The lowest BCUT2D eigenvalue weighted by Crippen LogP contribution is -2.39. The van der Waals surface area contributed by atoms with Crippen molar-refractivity contribution in [3.8, 4) is 0 Å². The Balaban J connectivity index is 2.06. The third-order valence-electron chi connectivity index (χ3n) is 2.82. The second kappa shape index (κ2) is 5.52. The van der Waals surface area contributed by atoms with Gasteiger partial charge in [0, 0.05) is 5.56 Å². The zero-order valence-corrected chi connectivity index (χ0v) is 11.5. The molecule has 1 aromatic carbocycles. The molecule has 0 aliphatic rings. The first-order valence-electron chi connectivity index (χ1n) is 6.05. The lowest BCUT2D eigenvalue weighted by atomic mass is 10.1. The van der Waals surface area contributed by atoms with Crippen molar-refractivity contribution < 1.29 is 9.59 Å². The number of imide groups is 1. The van der Waals surface area contributed by atoms with E-state index in [9.17, 15) is 9.59 Å². The summed E-state index contributed by atoms with van der Waals surface area (Å²) in [5.41, 5.74) is 3.76. The van der Waals surface area contributed by atoms with Crippen molar-refractivity contribution in [1.29, 1.82) is 0 Å². The van der Waals surface area contributed by atoms with E-state index in [-0.39, 0.29) is 0 Å². The fourth-order valence-corrected chi connectivity index (χ4v) is 1.76. The standard InChI is InChI=1S/C13H15N5O2/c1-8-6-4-5-7-11(8)12(19)14-13(20)17-18-9(2)15-16-10(18)3/h4-7H,1-3H3,(H2,14,17,19,20). The molecular formula is C13H15N5O2. The topological polar surface area (TPSA) is 88.9 Å². The zero-order chi connectivity index (χ0) is 14.7. The SMILES string of the molecule is Cc1ccccc1C(=O)NC(=O)Nn1c(C)nnc1C. The lowest BCUT2D eigenvalue weighted by molar-refractivity contribution is 0.0966. The molecule has 0 radical (unpaired) electrons. The average Bonchev–Trinajstić information content (AvgIpc) is 2.71. The Morgan fingerprint density at radius 3 is 2.25 bits per heavy atom. The first-order valence-corrected chi connectivity index (χ1v) is 6.05. The number of aromatic nitrogens is 3. The summed E-state index contributed by atoms with van der Waals surface area (Å²) in [5.74, 6) is 0.603. The number of carbonyl (C=O) groups excluding carboxylic acids is 2. The van der Waals surface area contributed by atoms with Crippen LogP contribution in [-0.2, 0) is 0 Å². The van der Waals surface area contributed by atoms with Crippen molar-refractivity contribution in [2.24, 2.45) is 0 Å². The van der Waals surface area contributed by atoms with Crippen molar-refractivity contribution in [1.82, 2.24) is 20.2 Å². The Morgan fingerprint density at radius 1 is 1.05 bits per heavy atom. The van der Waals surface area contributed by atoms with Gasteiger partial charge in [0.25, 0.3) is 5.91 Å². The van der Waals surface area contributed by atoms with Crippen LogP contribution in [0.2, 0.25) is 0 Å². The van der Waals surface area contributed by atoms with Crippen LogP contribution >= 0.6 is 0 Å². The number of nitrogens with one attached hydrogen (secondary N) is 2. The van der Waals surface area contributed by atoms with E-state index in [4.69, 9.17) is 0 Å². The third kappa shape index (κ3) is 2.82. The predicted octanol–water partition coefficient (Wildman–Crippen LogP) is 1.30. The Labute approximate surface area is 116 Å². The van der Waals surface area contributed by atoms with Crippen LogP contribution < -0.4 is 10.7 Å². The summed E-state index contributed by atoms with van der Waals surface area (Å²) in [6, 6.07) is 6.40. The number of nitrogens with zero attached hydrogens (tertiary/aromatic N) is 3. The largest absolute Gasteiger partial charge is 0.340 e. The number of aryl methyl sites for hydroxylation is 3. The summed E-state index contributed by atoms with van der Waals surface area (Å²) >= 11 is 0. The number of urea groups is 1. The third-order valence-corrected chi connectivity index (χ3v) is 2.82. The van der Waals surface area contributed by atoms with Gasteiger partial charge < -0.3 is 0 Å². The Bertz CT molecular complexity index is 643. The van der Waals surface area contributed by atoms with Gasteiger partial charge in [0.05, 0.1) is 0 Å². The second-order valence-electron chi connectivity index (χ2n) is 4.34. The van der Waals surface area contributed by atoms with E-state index in [0.29, 0.717) is 17.2 Å². The molecule has 0 saturated heterocycles. The van der Waals surface area contributed by atoms with Gasteiger partial charge in [-0.15, -0.1) is 10.2 Å². The summed E-state index contributed by atoms with van der Waals surface area (Å²) in [4.78, 5) is 23.8. The summed E-state index contributed by atoms with van der Waals surface area (Å²) in [6.45, 7) is 5.20. The van der Waals surface area contributed by atoms with Gasteiger partial charge in [-0.2, -0.15) is 0 Å². The van der Waals surface area contributed by atoms with Crippen LogP contribution in [0.1, 0.15) is 27.6 Å². The molecule has 3 amide bonds. The minimum atomic E-state index is -0.635. The number of amides is 3. The van der Waals surface area contributed by atoms with E-state index in [0.717, 1.165) is 5.56 Å². The summed E-state index contributed by atoms with van der Waals surface area (Å²) in [6.07, 6.45) is 0. The Hall–Kier alpha value is -2.70. The molecule has 2 N–H and O–H groups in total. The molecule has 104 valence electrons. The van der Waals surface area contributed by atoms with Crippen LogP contribution in [-0.4, -0.2) is 26.8 Å². The van der Waals surface area contributed by atoms with Gasteiger partial charge in [0.15, 0.2) is 0 Å². The second-order valence-corrected chi connectivity index (χ2v) is 4.34. The van der Waals surface area contributed by atoms with E-state index in [1.807, 2.05) is 6.07 Å². The summed E-state index contributed by atoms with van der Waals surface area (Å²) in [5, 5.41) is 9.88. The highest BCUT2D eigenvalue weighted by Gasteiger charge is 2.13. The van der Waals surface area contributed by atoms with E-state index >= 15 is 0 Å². The van der Waals surface area contributed by atoms with Gasteiger partial charge in [0.2, 0.25) is 0 Å². The zero-order valence-electron chi connectivity index (χ0n) is 11.5. The highest BCUT2D eigenvalue weighted by molar-refractivity contribution is 6.06. The molecule has 0 aliphatic heterocycles. The average molecular weight is 273 g/mol. The minimum absolute atomic E-state index is 0.455. The molecule has 0 saturated carbocycles. The van der Waals surface area contributed by atoms with E-state index < -0.39 is 11.9 Å². The van der Waals surface area contributed by atoms with E-state index in [1.54, 1.807) is 39.0 Å². The molecule has 7 nitrogen and oxygen atoms in total. The van der Waals surface area contributed by atoms with Crippen LogP contribution in [0.5, 0.6) is 0 Å². The van der Waals surface area contributed by atoms with Crippen molar-refractivity contribution >= 4 is 11.9 Å². The predicted molar refractivity (Wildman–Crippen MR) is 72.9 cm³/mol.